The molecule has 0 aliphatic heterocycles. The normalized spacial score (nSPS) is 15.5. The van der Waals surface area contributed by atoms with Crippen molar-refractivity contribution in [2.24, 2.45) is 0 Å². The van der Waals surface area contributed by atoms with Crippen LogP contribution in [0.1, 0.15) is 25.3 Å². The molecule has 0 spiro atoms. The highest BCUT2D eigenvalue weighted by molar-refractivity contribution is 9.10. The second kappa shape index (κ2) is 4.20. The average molecular weight is 247 g/mol. The van der Waals surface area contributed by atoms with Crippen LogP contribution in [0.25, 0.3) is 0 Å². The molecule has 13 heavy (non-hydrogen) atoms. The zero-order valence-electron chi connectivity index (χ0n) is 7.59. The second-order valence-corrected chi connectivity index (χ2v) is 4.06. The molecule has 0 saturated heterocycles. The summed E-state index contributed by atoms with van der Waals surface area (Å²) in [5.74, 6) is -0.251. The molecule has 0 saturated carbocycles. The molecule has 0 aliphatic rings. The van der Waals surface area contributed by atoms with Gasteiger partial charge in [-0.2, -0.15) is 0 Å². The van der Waals surface area contributed by atoms with Gasteiger partial charge in [-0.1, -0.05) is 13.0 Å². The molecule has 0 radical (unpaired) electrons. The molecule has 1 nitrogen and oxygen atoms in total. The molecule has 0 heterocycles. The van der Waals surface area contributed by atoms with Crippen LogP contribution in [0.4, 0.5) is 4.39 Å². The molecule has 1 aromatic carbocycles. The summed E-state index contributed by atoms with van der Waals surface area (Å²) >= 11 is 3.11. The Hall–Kier alpha value is -0.410. The van der Waals surface area contributed by atoms with Crippen molar-refractivity contribution < 1.29 is 9.50 Å². The van der Waals surface area contributed by atoms with Crippen molar-refractivity contribution in [1.82, 2.24) is 0 Å². The smallest absolute Gasteiger partial charge is 0.137 e. The van der Waals surface area contributed by atoms with Gasteiger partial charge in [0.25, 0.3) is 0 Å². The molecule has 0 bridgehead atoms. The van der Waals surface area contributed by atoms with E-state index >= 15 is 0 Å². The predicted molar refractivity (Wildman–Crippen MR) is 54.2 cm³/mol. The third kappa shape index (κ3) is 2.51. The van der Waals surface area contributed by atoms with Crippen molar-refractivity contribution in [2.45, 2.75) is 25.9 Å². The minimum atomic E-state index is -0.419. The number of hydrogen-bond donors (Lipinski definition) is 1. The van der Waals surface area contributed by atoms with Crippen molar-refractivity contribution in [3.63, 3.8) is 0 Å². The SMILES string of the molecule is CC(O)C(C)c1ccc(F)c(Br)c1. The van der Waals surface area contributed by atoms with Crippen molar-refractivity contribution >= 4 is 15.9 Å². The van der Waals surface area contributed by atoms with E-state index < -0.39 is 6.10 Å². The summed E-state index contributed by atoms with van der Waals surface area (Å²) < 4.78 is 13.3. The Balaban J connectivity index is 2.97. The van der Waals surface area contributed by atoms with E-state index in [0.29, 0.717) is 4.47 Å². The van der Waals surface area contributed by atoms with E-state index in [4.69, 9.17) is 0 Å². The third-order valence-corrected chi connectivity index (χ3v) is 2.80. The maximum absolute atomic E-state index is 12.9. The molecule has 72 valence electrons. The van der Waals surface area contributed by atoms with Crippen LogP contribution in [0, 0.1) is 5.82 Å². The highest BCUT2D eigenvalue weighted by atomic mass is 79.9. The van der Waals surface area contributed by atoms with Crippen LogP contribution in [0.5, 0.6) is 0 Å². The predicted octanol–water partition coefficient (Wildman–Crippen LogP) is 3.07. The zero-order valence-corrected chi connectivity index (χ0v) is 9.18. The van der Waals surface area contributed by atoms with Gasteiger partial charge in [-0.25, -0.2) is 4.39 Å². The highest BCUT2D eigenvalue weighted by Crippen LogP contribution is 2.24. The van der Waals surface area contributed by atoms with Gasteiger partial charge in [-0.05, 0) is 40.5 Å². The first kappa shape index (κ1) is 10.7. The number of aliphatic hydroxyl groups excluding tert-OH is 1. The monoisotopic (exact) mass is 246 g/mol. The molecule has 0 aliphatic carbocycles. The lowest BCUT2D eigenvalue weighted by Gasteiger charge is -2.15. The molecule has 0 fully saturated rings. The molecule has 2 unspecified atom stereocenters. The van der Waals surface area contributed by atoms with Gasteiger partial charge in [0, 0.05) is 5.92 Å². The van der Waals surface area contributed by atoms with E-state index in [0.717, 1.165) is 5.56 Å². The Morgan fingerprint density at radius 1 is 1.38 bits per heavy atom. The lowest BCUT2D eigenvalue weighted by atomic mass is 9.96. The summed E-state index contributed by atoms with van der Waals surface area (Å²) in [6.07, 6.45) is -0.419. The Kier molecular flexibility index (Phi) is 3.45. The van der Waals surface area contributed by atoms with E-state index in [9.17, 15) is 9.50 Å². The Labute approximate surface area is 85.7 Å². The first-order valence-electron chi connectivity index (χ1n) is 4.15. The van der Waals surface area contributed by atoms with E-state index in [-0.39, 0.29) is 11.7 Å². The second-order valence-electron chi connectivity index (χ2n) is 3.20. The van der Waals surface area contributed by atoms with Crippen LogP contribution >= 0.6 is 15.9 Å². The van der Waals surface area contributed by atoms with E-state index in [1.807, 2.05) is 6.92 Å². The lowest BCUT2D eigenvalue weighted by molar-refractivity contribution is 0.169. The minimum Gasteiger partial charge on any atom is -0.393 e. The summed E-state index contributed by atoms with van der Waals surface area (Å²) in [6, 6.07) is 4.79. The average Bonchev–Trinajstić information content (AvgIpc) is 2.08. The minimum absolute atomic E-state index is 0.0249. The fraction of sp³-hybridized carbons (Fsp3) is 0.400. The third-order valence-electron chi connectivity index (χ3n) is 2.19. The molecule has 1 N–H and O–H groups in total. The fourth-order valence-corrected chi connectivity index (χ4v) is 1.47. The van der Waals surface area contributed by atoms with Crippen molar-refractivity contribution in [3.05, 3.63) is 34.1 Å². The molecular weight excluding hydrogens is 235 g/mol. The summed E-state index contributed by atoms with van der Waals surface area (Å²) in [5, 5.41) is 9.33. The maximum atomic E-state index is 12.9. The molecule has 1 aromatic rings. The van der Waals surface area contributed by atoms with Crippen LogP contribution in [-0.2, 0) is 0 Å². The van der Waals surface area contributed by atoms with Gasteiger partial charge in [0.1, 0.15) is 5.82 Å². The molecular formula is C10H12BrFO. The van der Waals surface area contributed by atoms with Crippen LogP contribution in [0.3, 0.4) is 0 Å². The van der Waals surface area contributed by atoms with Gasteiger partial charge < -0.3 is 5.11 Å². The Morgan fingerprint density at radius 3 is 2.46 bits per heavy atom. The summed E-state index contributed by atoms with van der Waals surface area (Å²) in [5.41, 5.74) is 0.934. The van der Waals surface area contributed by atoms with E-state index in [1.165, 1.54) is 6.07 Å². The van der Waals surface area contributed by atoms with Crippen molar-refractivity contribution in [2.75, 3.05) is 0 Å². The quantitative estimate of drug-likeness (QED) is 0.851. The molecule has 1 rings (SSSR count). The first-order chi connectivity index (χ1) is 6.02. The Morgan fingerprint density at radius 2 is 2.00 bits per heavy atom. The molecule has 0 amide bonds. The maximum Gasteiger partial charge on any atom is 0.137 e. The largest absolute Gasteiger partial charge is 0.393 e. The molecule has 0 aromatic heterocycles. The van der Waals surface area contributed by atoms with Crippen LogP contribution in [-0.4, -0.2) is 11.2 Å². The summed E-state index contributed by atoms with van der Waals surface area (Å²) in [7, 11) is 0. The summed E-state index contributed by atoms with van der Waals surface area (Å²) in [4.78, 5) is 0. The van der Waals surface area contributed by atoms with Gasteiger partial charge >= 0.3 is 0 Å². The van der Waals surface area contributed by atoms with Gasteiger partial charge in [0.2, 0.25) is 0 Å². The zero-order chi connectivity index (χ0) is 10.0. The highest BCUT2D eigenvalue weighted by Gasteiger charge is 2.12. The first-order valence-corrected chi connectivity index (χ1v) is 4.94. The lowest BCUT2D eigenvalue weighted by Crippen LogP contribution is -2.10. The van der Waals surface area contributed by atoms with Crippen LogP contribution in [0.2, 0.25) is 0 Å². The van der Waals surface area contributed by atoms with Crippen molar-refractivity contribution in [3.8, 4) is 0 Å². The molecule has 3 heteroatoms. The number of rotatable bonds is 2. The van der Waals surface area contributed by atoms with Crippen molar-refractivity contribution in [1.29, 1.82) is 0 Å². The standard InChI is InChI=1S/C10H12BrFO/c1-6(7(2)13)8-3-4-10(12)9(11)5-8/h3-7,13H,1-2H3. The van der Waals surface area contributed by atoms with Crippen LogP contribution < -0.4 is 0 Å². The van der Waals surface area contributed by atoms with E-state index in [1.54, 1.807) is 19.1 Å². The Bertz CT molecular complexity index is 299. The molecule has 2 atom stereocenters. The number of aliphatic hydroxyl groups is 1. The number of hydrogen-bond acceptors (Lipinski definition) is 1. The number of benzene rings is 1. The van der Waals surface area contributed by atoms with Gasteiger partial charge in [-0.15, -0.1) is 0 Å². The topological polar surface area (TPSA) is 20.2 Å². The van der Waals surface area contributed by atoms with Gasteiger partial charge in [-0.3, -0.25) is 0 Å². The van der Waals surface area contributed by atoms with Gasteiger partial charge in [0.15, 0.2) is 0 Å². The van der Waals surface area contributed by atoms with Crippen LogP contribution in [0.15, 0.2) is 22.7 Å². The fourth-order valence-electron chi connectivity index (χ4n) is 1.07. The van der Waals surface area contributed by atoms with Gasteiger partial charge in [0.05, 0.1) is 10.6 Å². The summed E-state index contributed by atoms with van der Waals surface area (Å²) in [6.45, 7) is 3.63. The number of halogens is 2. The van der Waals surface area contributed by atoms with E-state index in [2.05, 4.69) is 15.9 Å².